The first-order valence-corrected chi connectivity index (χ1v) is 8.52. The molecule has 0 fully saturated rings. The summed E-state index contributed by atoms with van der Waals surface area (Å²) in [5, 5.41) is 15.6. The third kappa shape index (κ3) is 6.51. The van der Waals surface area contributed by atoms with Gasteiger partial charge in [-0.3, -0.25) is 4.98 Å². The molecule has 0 aliphatic heterocycles. The average Bonchev–Trinajstić information content (AvgIpc) is 2.64. The van der Waals surface area contributed by atoms with Crippen LogP contribution in [0.1, 0.15) is 11.1 Å². The van der Waals surface area contributed by atoms with Crippen LogP contribution in [-0.2, 0) is 13.2 Å². The molecular formula is C18H24ClN3O3. The van der Waals surface area contributed by atoms with Gasteiger partial charge in [0, 0.05) is 44.1 Å². The summed E-state index contributed by atoms with van der Waals surface area (Å²) in [6, 6.07) is 7.59. The number of hydrogen-bond donors (Lipinski definition) is 3. The summed E-state index contributed by atoms with van der Waals surface area (Å²) in [6.07, 6.45) is 3.47. The highest BCUT2D eigenvalue weighted by Crippen LogP contribution is 2.36. The molecule has 1 aromatic heterocycles. The van der Waals surface area contributed by atoms with Gasteiger partial charge in [0.25, 0.3) is 0 Å². The quantitative estimate of drug-likeness (QED) is 0.529. The molecule has 0 radical (unpaired) electrons. The summed E-state index contributed by atoms with van der Waals surface area (Å²) < 4.78 is 11.2. The van der Waals surface area contributed by atoms with E-state index in [4.69, 9.17) is 26.2 Å². The zero-order chi connectivity index (χ0) is 17.9. The molecule has 1 heterocycles. The van der Waals surface area contributed by atoms with Gasteiger partial charge in [0.2, 0.25) is 0 Å². The highest BCUT2D eigenvalue weighted by atomic mass is 35.5. The molecule has 0 bridgehead atoms. The Bertz CT molecular complexity index is 641. The number of hydrogen-bond acceptors (Lipinski definition) is 6. The molecule has 6 nitrogen and oxygen atoms in total. The van der Waals surface area contributed by atoms with Crippen molar-refractivity contribution in [3.63, 3.8) is 0 Å². The molecule has 0 aliphatic carbocycles. The molecule has 0 spiro atoms. The number of methoxy groups -OCH3 is 1. The predicted octanol–water partition coefficient (Wildman–Crippen LogP) is 1.99. The van der Waals surface area contributed by atoms with Gasteiger partial charge in [-0.25, -0.2) is 0 Å². The van der Waals surface area contributed by atoms with Gasteiger partial charge in [-0.2, -0.15) is 0 Å². The van der Waals surface area contributed by atoms with E-state index in [1.54, 1.807) is 19.5 Å². The highest BCUT2D eigenvalue weighted by Gasteiger charge is 2.12. The number of nitrogens with zero attached hydrogens (tertiary/aromatic N) is 1. The Hall–Kier alpha value is -1.86. The zero-order valence-electron chi connectivity index (χ0n) is 14.3. The van der Waals surface area contributed by atoms with Crippen LogP contribution in [0.4, 0.5) is 0 Å². The first-order valence-electron chi connectivity index (χ1n) is 8.15. The van der Waals surface area contributed by atoms with Gasteiger partial charge in [0.05, 0.1) is 18.7 Å². The zero-order valence-corrected chi connectivity index (χ0v) is 15.1. The number of benzene rings is 1. The molecule has 7 heteroatoms. The summed E-state index contributed by atoms with van der Waals surface area (Å²) >= 11 is 6.37. The second-order valence-corrected chi connectivity index (χ2v) is 5.82. The fourth-order valence-corrected chi connectivity index (χ4v) is 2.56. The topological polar surface area (TPSA) is 75.6 Å². The van der Waals surface area contributed by atoms with Gasteiger partial charge >= 0.3 is 0 Å². The third-order valence-electron chi connectivity index (χ3n) is 3.49. The van der Waals surface area contributed by atoms with Gasteiger partial charge in [-0.05, 0) is 23.8 Å². The molecule has 0 aliphatic rings. The van der Waals surface area contributed by atoms with Crippen molar-refractivity contribution in [1.29, 1.82) is 0 Å². The van der Waals surface area contributed by atoms with Crippen molar-refractivity contribution in [1.82, 2.24) is 15.6 Å². The minimum atomic E-state index is 0.146. The molecule has 3 N–H and O–H groups in total. The maximum atomic E-state index is 8.70. The standard InChI is InChI=1S/C18H24ClN3O3/c1-24-17-10-15(12-22-6-5-20-7-8-23)9-16(19)18(17)25-13-14-3-2-4-21-11-14/h2-4,9-11,20,22-23H,5-8,12-13H2,1H3. The van der Waals surface area contributed by atoms with Crippen molar-refractivity contribution in [3.05, 3.63) is 52.8 Å². The lowest BCUT2D eigenvalue weighted by molar-refractivity contribution is 0.284. The predicted molar refractivity (Wildman–Crippen MR) is 98.2 cm³/mol. The normalized spacial score (nSPS) is 10.7. The summed E-state index contributed by atoms with van der Waals surface area (Å²) in [5.74, 6) is 1.13. The Morgan fingerprint density at radius 1 is 1.16 bits per heavy atom. The molecule has 2 rings (SSSR count). The molecule has 0 saturated heterocycles. The molecule has 0 atom stereocenters. The van der Waals surface area contributed by atoms with E-state index < -0.39 is 0 Å². The summed E-state index contributed by atoms with van der Waals surface area (Å²) in [6.45, 7) is 3.37. The van der Waals surface area contributed by atoms with Crippen LogP contribution in [0.15, 0.2) is 36.7 Å². The maximum absolute atomic E-state index is 8.70. The molecular weight excluding hydrogens is 342 g/mol. The van der Waals surface area contributed by atoms with Crippen LogP contribution >= 0.6 is 11.6 Å². The van der Waals surface area contributed by atoms with Crippen LogP contribution in [0, 0.1) is 0 Å². The molecule has 136 valence electrons. The molecule has 0 saturated carbocycles. The van der Waals surface area contributed by atoms with Crippen molar-refractivity contribution in [2.75, 3.05) is 33.4 Å². The van der Waals surface area contributed by atoms with E-state index in [-0.39, 0.29) is 6.61 Å². The molecule has 2 aromatic rings. The molecule has 1 aromatic carbocycles. The summed E-state index contributed by atoms with van der Waals surface area (Å²) in [7, 11) is 1.60. The number of ether oxygens (including phenoxy) is 2. The highest BCUT2D eigenvalue weighted by molar-refractivity contribution is 6.32. The number of halogens is 1. The van der Waals surface area contributed by atoms with Gasteiger partial charge in [-0.1, -0.05) is 17.7 Å². The molecule has 0 amide bonds. The summed E-state index contributed by atoms with van der Waals surface area (Å²) in [5.41, 5.74) is 1.97. The lowest BCUT2D eigenvalue weighted by Crippen LogP contribution is -2.28. The van der Waals surface area contributed by atoms with Crippen molar-refractivity contribution in [3.8, 4) is 11.5 Å². The van der Waals surface area contributed by atoms with E-state index in [2.05, 4.69) is 15.6 Å². The van der Waals surface area contributed by atoms with Crippen LogP contribution in [-0.4, -0.2) is 43.4 Å². The average molecular weight is 366 g/mol. The van der Waals surface area contributed by atoms with E-state index >= 15 is 0 Å². The Labute approximate surface area is 153 Å². The Morgan fingerprint density at radius 3 is 2.72 bits per heavy atom. The van der Waals surface area contributed by atoms with Gasteiger partial charge in [-0.15, -0.1) is 0 Å². The van der Waals surface area contributed by atoms with Crippen molar-refractivity contribution >= 4 is 11.6 Å². The number of pyridine rings is 1. The molecule has 0 unspecified atom stereocenters. The van der Waals surface area contributed by atoms with Crippen molar-refractivity contribution < 1.29 is 14.6 Å². The fraction of sp³-hybridized carbons (Fsp3) is 0.389. The van der Waals surface area contributed by atoms with Crippen molar-refractivity contribution in [2.45, 2.75) is 13.2 Å². The number of nitrogens with one attached hydrogen (secondary N) is 2. The number of aliphatic hydroxyl groups is 1. The largest absolute Gasteiger partial charge is 0.493 e. The van der Waals surface area contributed by atoms with Gasteiger partial charge < -0.3 is 25.2 Å². The Balaban J connectivity index is 1.92. The Morgan fingerprint density at radius 2 is 2.00 bits per heavy atom. The number of aliphatic hydroxyl groups excluding tert-OH is 1. The van der Waals surface area contributed by atoms with Crippen LogP contribution in [0.25, 0.3) is 0 Å². The van der Waals surface area contributed by atoms with Gasteiger partial charge in [0.15, 0.2) is 11.5 Å². The lowest BCUT2D eigenvalue weighted by Gasteiger charge is -2.14. The van der Waals surface area contributed by atoms with Crippen LogP contribution < -0.4 is 20.1 Å². The van der Waals surface area contributed by atoms with E-state index in [0.29, 0.717) is 36.2 Å². The second kappa shape index (κ2) is 10.9. The van der Waals surface area contributed by atoms with E-state index in [0.717, 1.165) is 24.2 Å². The Kier molecular flexibility index (Phi) is 8.48. The maximum Gasteiger partial charge on any atom is 0.180 e. The van der Waals surface area contributed by atoms with Gasteiger partial charge in [0.1, 0.15) is 6.61 Å². The first kappa shape index (κ1) is 19.5. The monoisotopic (exact) mass is 365 g/mol. The van der Waals surface area contributed by atoms with Crippen LogP contribution in [0.3, 0.4) is 0 Å². The number of aromatic nitrogens is 1. The first-order chi connectivity index (χ1) is 12.2. The van der Waals surface area contributed by atoms with E-state index in [1.807, 2.05) is 24.3 Å². The van der Waals surface area contributed by atoms with Crippen LogP contribution in [0.5, 0.6) is 11.5 Å². The van der Waals surface area contributed by atoms with E-state index in [9.17, 15) is 0 Å². The smallest absolute Gasteiger partial charge is 0.180 e. The van der Waals surface area contributed by atoms with Crippen molar-refractivity contribution in [2.24, 2.45) is 0 Å². The van der Waals surface area contributed by atoms with E-state index in [1.165, 1.54) is 0 Å². The fourth-order valence-electron chi connectivity index (χ4n) is 2.27. The third-order valence-corrected chi connectivity index (χ3v) is 3.77. The molecule has 25 heavy (non-hydrogen) atoms. The second-order valence-electron chi connectivity index (χ2n) is 5.41. The summed E-state index contributed by atoms with van der Waals surface area (Å²) in [4.78, 5) is 4.06. The lowest BCUT2D eigenvalue weighted by atomic mass is 10.2. The minimum Gasteiger partial charge on any atom is -0.493 e. The minimum absolute atomic E-state index is 0.146. The number of rotatable bonds is 11. The van der Waals surface area contributed by atoms with Crippen LogP contribution in [0.2, 0.25) is 5.02 Å². The SMILES string of the molecule is COc1cc(CNCCNCCO)cc(Cl)c1OCc1cccnc1.